The van der Waals surface area contributed by atoms with E-state index in [2.05, 4.69) is 0 Å². The normalized spacial score (nSPS) is 16.3. The molecule has 152 valence electrons. The number of benzene rings is 2. The van der Waals surface area contributed by atoms with Crippen LogP contribution in [-0.2, 0) is 11.3 Å². The Labute approximate surface area is 178 Å². The van der Waals surface area contributed by atoms with Crippen LogP contribution in [-0.4, -0.2) is 28.8 Å². The molecule has 30 heavy (non-hydrogen) atoms. The van der Waals surface area contributed by atoms with Crippen LogP contribution in [0.15, 0.2) is 77.4 Å². The van der Waals surface area contributed by atoms with Gasteiger partial charge in [-0.25, -0.2) is 0 Å². The summed E-state index contributed by atoms with van der Waals surface area (Å²) >= 11 is 1.29. The van der Waals surface area contributed by atoms with Crippen molar-refractivity contribution in [2.75, 3.05) is 7.11 Å². The number of hydrogen-bond acceptors (Lipinski definition) is 5. The van der Waals surface area contributed by atoms with E-state index in [9.17, 15) is 14.7 Å². The topological polar surface area (TPSA) is 66.8 Å². The number of ketones is 1. The van der Waals surface area contributed by atoms with Gasteiger partial charge in [-0.05, 0) is 41.6 Å². The highest BCUT2D eigenvalue weighted by Gasteiger charge is 2.43. The van der Waals surface area contributed by atoms with E-state index in [1.807, 2.05) is 55.5 Å². The lowest BCUT2D eigenvalue weighted by Crippen LogP contribution is -2.30. The minimum atomic E-state index is -0.658. The van der Waals surface area contributed by atoms with Crippen LogP contribution in [0, 0.1) is 6.92 Å². The summed E-state index contributed by atoms with van der Waals surface area (Å²) in [5, 5.41) is 12.5. The lowest BCUT2D eigenvalue weighted by Gasteiger charge is -2.27. The second-order valence-corrected chi connectivity index (χ2v) is 8.11. The van der Waals surface area contributed by atoms with Gasteiger partial charge in [0.05, 0.1) is 23.6 Å². The fourth-order valence-electron chi connectivity index (χ4n) is 3.70. The number of amides is 1. The van der Waals surface area contributed by atoms with Crippen LogP contribution in [0.25, 0.3) is 0 Å². The van der Waals surface area contributed by atoms with Crippen LogP contribution in [0.2, 0.25) is 0 Å². The zero-order valence-corrected chi connectivity index (χ0v) is 17.5. The van der Waals surface area contributed by atoms with Gasteiger partial charge in [0.25, 0.3) is 5.91 Å². The van der Waals surface area contributed by atoms with Crippen molar-refractivity contribution in [2.45, 2.75) is 19.5 Å². The van der Waals surface area contributed by atoms with Crippen LogP contribution >= 0.6 is 11.3 Å². The molecule has 0 radical (unpaired) electrons. The summed E-state index contributed by atoms with van der Waals surface area (Å²) in [4.78, 5) is 28.3. The Morgan fingerprint density at radius 2 is 1.90 bits per heavy atom. The fourth-order valence-corrected chi connectivity index (χ4v) is 4.38. The van der Waals surface area contributed by atoms with Crippen molar-refractivity contribution in [3.63, 3.8) is 0 Å². The zero-order valence-electron chi connectivity index (χ0n) is 16.7. The number of thiophene rings is 1. The van der Waals surface area contributed by atoms with E-state index < -0.39 is 17.7 Å². The number of hydrogen-bond donors (Lipinski definition) is 1. The van der Waals surface area contributed by atoms with Gasteiger partial charge in [-0.2, -0.15) is 0 Å². The summed E-state index contributed by atoms with van der Waals surface area (Å²) in [6.45, 7) is 2.21. The molecule has 0 saturated carbocycles. The molecule has 1 N–H and O–H groups in total. The largest absolute Gasteiger partial charge is 0.503 e. The molecule has 1 amide bonds. The van der Waals surface area contributed by atoms with Crippen molar-refractivity contribution in [2.24, 2.45) is 0 Å². The molecular weight excluding hydrogens is 398 g/mol. The number of rotatable bonds is 6. The molecule has 2 aromatic carbocycles. The molecule has 0 fully saturated rings. The molecular formula is C24H21NO4S. The zero-order chi connectivity index (χ0) is 21.3. The maximum Gasteiger partial charge on any atom is 0.290 e. The minimum Gasteiger partial charge on any atom is -0.503 e. The van der Waals surface area contributed by atoms with Crippen molar-refractivity contribution in [1.82, 2.24) is 4.90 Å². The summed E-state index contributed by atoms with van der Waals surface area (Å²) < 4.78 is 5.20. The van der Waals surface area contributed by atoms with Crippen LogP contribution < -0.4 is 4.74 Å². The molecule has 6 heteroatoms. The number of aliphatic hydroxyl groups excluding tert-OH is 1. The molecule has 1 unspecified atom stereocenters. The molecule has 0 saturated heterocycles. The number of ether oxygens (including phenoxy) is 1. The number of methoxy groups -OCH3 is 1. The molecule has 1 aromatic heterocycles. The van der Waals surface area contributed by atoms with E-state index in [0.29, 0.717) is 4.88 Å². The van der Waals surface area contributed by atoms with Crippen molar-refractivity contribution < 1.29 is 19.4 Å². The third-order valence-electron chi connectivity index (χ3n) is 5.16. The average Bonchev–Trinajstić information content (AvgIpc) is 3.37. The highest BCUT2D eigenvalue weighted by molar-refractivity contribution is 7.12. The standard InChI is InChI=1S/C24H21NO4S/c1-15-5-3-6-17(13-15)21-20(22(26)19-7-4-12-30-19)23(27)24(28)25(21)14-16-8-10-18(29-2)11-9-16/h3-13,21,27H,14H2,1-2H3. The van der Waals surface area contributed by atoms with Crippen molar-refractivity contribution in [3.05, 3.63) is 98.9 Å². The Hall–Kier alpha value is -3.38. The smallest absolute Gasteiger partial charge is 0.290 e. The first kappa shape index (κ1) is 19.9. The van der Waals surface area contributed by atoms with Gasteiger partial charge < -0.3 is 14.7 Å². The Morgan fingerprint density at radius 3 is 2.53 bits per heavy atom. The maximum absolute atomic E-state index is 13.2. The quantitative estimate of drug-likeness (QED) is 0.581. The van der Waals surface area contributed by atoms with E-state index >= 15 is 0 Å². The Kier molecular flexibility index (Phi) is 5.42. The highest BCUT2D eigenvalue weighted by Crippen LogP contribution is 2.40. The second-order valence-electron chi connectivity index (χ2n) is 7.17. The Bertz CT molecular complexity index is 1120. The predicted molar refractivity (Wildman–Crippen MR) is 116 cm³/mol. The second kappa shape index (κ2) is 8.16. The molecule has 5 nitrogen and oxygen atoms in total. The first-order valence-corrected chi connectivity index (χ1v) is 10.4. The van der Waals surface area contributed by atoms with E-state index in [1.54, 1.807) is 29.5 Å². The summed E-state index contributed by atoms with van der Waals surface area (Å²) in [6, 6.07) is 17.9. The molecule has 0 aliphatic carbocycles. The molecule has 1 atom stereocenters. The predicted octanol–water partition coefficient (Wildman–Crippen LogP) is 4.84. The van der Waals surface area contributed by atoms with Gasteiger partial charge in [-0.3, -0.25) is 9.59 Å². The number of aliphatic hydroxyl groups is 1. The maximum atomic E-state index is 13.2. The number of Topliss-reactive ketones (excluding diaryl/α,β-unsaturated/α-hetero) is 1. The van der Waals surface area contributed by atoms with Gasteiger partial charge in [0.1, 0.15) is 5.75 Å². The van der Waals surface area contributed by atoms with Crippen LogP contribution in [0.1, 0.15) is 32.4 Å². The fraction of sp³-hybridized carbons (Fsp3) is 0.167. The van der Waals surface area contributed by atoms with Crippen molar-refractivity contribution in [3.8, 4) is 5.75 Å². The Balaban J connectivity index is 1.77. The highest BCUT2D eigenvalue weighted by atomic mass is 32.1. The number of carbonyl (C=O) groups excluding carboxylic acids is 2. The van der Waals surface area contributed by atoms with E-state index in [4.69, 9.17) is 4.74 Å². The van der Waals surface area contributed by atoms with Gasteiger partial charge in [0.15, 0.2) is 5.76 Å². The molecule has 0 bridgehead atoms. The average molecular weight is 420 g/mol. The molecule has 4 rings (SSSR count). The summed E-state index contributed by atoms with van der Waals surface area (Å²) in [7, 11) is 1.59. The molecule has 0 spiro atoms. The summed E-state index contributed by atoms with van der Waals surface area (Å²) in [6.07, 6.45) is 0. The van der Waals surface area contributed by atoms with Crippen LogP contribution in [0.3, 0.4) is 0 Å². The van der Waals surface area contributed by atoms with Crippen molar-refractivity contribution in [1.29, 1.82) is 0 Å². The molecule has 1 aliphatic rings. The third kappa shape index (κ3) is 3.62. The molecule has 3 aromatic rings. The van der Waals surface area contributed by atoms with Gasteiger partial charge in [0, 0.05) is 6.54 Å². The number of aryl methyl sites for hydroxylation is 1. The number of carbonyl (C=O) groups is 2. The van der Waals surface area contributed by atoms with Crippen molar-refractivity contribution >= 4 is 23.0 Å². The number of nitrogens with zero attached hydrogens (tertiary/aromatic N) is 1. The summed E-state index contributed by atoms with van der Waals surface area (Å²) in [5.41, 5.74) is 2.81. The first-order valence-electron chi connectivity index (χ1n) is 9.51. The third-order valence-corrected chi connectivity index (χ3v) is 6.03. The first-order chi connectivity index (χ1) is 14.5. The SMILES string of the molecule is COc1ccc(CN2C(=O)C(O)=C(C(=O)c3cccs3)C2c2cccc(C)c2)cc1. The van der Waals surface area contributed by atoms with Gasteiger partial charge in [0.2, 0.25) is 5.78 Å². The van der Waals surface area contributed by atoms with Gasteiger partial charge in [-0.15, -0.1) is 11.3 Å². The van der Waals surface area contributed by atoms with Gasteiger partial charge in [-0.1, -0.05) is 48.0 Å². The minimum absolute atomic E-state index is 0.126. The van der Waals surface area contributed by atoms with Gasteiger partial charge >= 0.3 is 0 Å². The monoisotopic (exact) mass is 419 g/mol. The van der Waals surface area contributed by atoms with Crippen LogP contribution in [0.4, 0.5) is 0 Å². The summed E-state index contributed by atoms with van der Waals surface area (Å²) in [5.74, 6) is -0.624. The molecule has 2 heterocycles. The lowest BCUT2D eigenvalue weighted by atomic mass is 9.94. The van der Waals surface area contributed by atoms with E-state index in [0.717, 1.165) is 22.4 Å². The Morgan fingerprint density at radius 1 is 1.13 bits per heavy atom. The van der Waals surface area contributed by atoms with E-state index in [1.165, 1.54) is 11.3 Å². The van der Waals surface area contributed by atoms with E-state index in [-0.39, 0.29) is 17.9 Å². The van der Waals surface area contributed by atoms with Crippen LogP contribution in [0.5, 0.6) is 5.75 Å². The lowest BCUT2D eigenvalue weighted by molar-refractivity contribution is -0.130. The molecule has 1 aliphatic heterocycles.